The Balaban J connectivity index is 1.63. The maximum Gasteiger partial charge on any atom is 0.318 e. The standard InChI is InChI=1S/C17H22N4O/c1-4-21-11-16(8-18-21)13(3)19-17(22)20-9-14-6-5-12(2)7-15(14)10-20/h5-8,11,13H,4,9-10H2,1-3H3,(H,19,22). The highest BCUT2D eigenvalue weighted by Crippen LogP contribution is 2.24. The lowest BCUT2D eigenvalue weighted by molar-refractivity contribution is 0.195. The lowest BCUT2D eigenvalue weighted by atomic mass is 10.1. The molecule has 1 aliphatic heterocycles. The van der Waals surface area contributed by atoms with Gasteiger partial charge < -0.3 is 10.2 Å². The van der Waals surface area contributed by atoms with Gasteiger partial charge in [0.2, 0.25) is 0 Å². The van der Waals surface area contributed by atoms with Crippen LogP contribution >= 0.6 is 0 Å². The average molecular weight is 298 g/mol. The first-order chi connectivity index (χ1) is 10.6. The molecule has 2 amide bonds. The molecule has 3 rings (SSSR count). The van der Waals surface area contributed by atoms with E-state index in [1.165, 1.54) is 16.7 Å². The maximum atomic E-state index is 12.4. The van der Waals surface area contributed by atoms with Crippen LogP contribution in [-0.4, -0.2) is 20.7 Å². The molecule has 0 radical (unpaired) electrons. The molecule has 0 bridgehead atoms. The minimum atomic E-state index is -0.0433. The van der Waals surface area contributed by atoms with Crippen LogP contribution in [0.1, 0.15) is 42.1 Å². The summed E-state index contributed by atoms with van der Waals surface area (Å²) in [6.07, 6.45) is 3.80. The van der Waals surface area contributed by atoms with Crippen molar-refractivity contribution in [2.45, 2.75) is 46.4 Å². The van der Waals surface area contributed by atoms with Crippen LogP contribution < -0.4 is 5.32 Å². The lowest BCUT2D eigenvalue weighted by Crippen LogP contribution is -2.37. The third-order valence-corrected chi connectivity index (χ3v) is 4.19. The van der Waals surface area contributed by atoms with E-state index in [4.69, 9.17) is 0 Å². The first-order valence-corrected chi connectivity index (χ1v) is 7.73. The summed E-state index contributed by atoms with van der Waals surface area (Å²) in [4.78, 5) is 14.3. The van der Waals surface area contributed by atoms with E-state index in [-0.39, 0.29) is 12.1 Å². The SMILES string of the molecule is CCn1cc(C(C)NC(=O)N2Cc3ccc(C)cc3C2)cn1. The van der Waals surface area contributed by atoms with Gasteiger partial charge in [-0.2, -0.15) is 5.10 Å². The zero-order valence-corrected chi connectivity index (χ0v) is 13.3. The van der Waals surface area contributed by atoms with Gasteiger partial charge in [-0.05, 0) is 31.9 Å². The summed E-state index contributed by atoms with van der Waals surface area (Å²) < 4.78 is 1.87. The van der Waals surface area contributed by atoms with E-state index in [9.17, 15) is 4.79 Å². The Kier molecular flexibility index (Phi) is 3.88. The van der Waals surface area contributed by atoms with Crippen molar-refractivity contribution in [3.05, 3.63) is 52.8 Å². The maximum absolute atomic E-state index is 12.4. The molecule has 116 valence electrons. The summed E-state index contributed by atoms with van der Waals surface area (Å²) in [5, 5.41) is 7.31. The molecule has 1 atom stereocenters. The molecular weight excluding hydrogens is 276 g/mol. The van der Waals surface area contributed by atoms with Crippen molar-refractivity contribution in [2.75, 3.05) is 0 Å². The summed E-state index contributed by atoms with van der Waals surface area (Å²) in [6.45, 7) is 8.32. The predicted molar refractivity (Wildman–Crippen MR) is 85.3 cm³/mol. The third-order valence-electron chi connectivity index (χ3n) is 4.19. The number of rotatable bonds is 3. The highest BCUT2D eigenvalue weighted by molar-refractivity contribution is 5.75. The second-order valence-electron chi connectivity index (χ2n) is 5.93. The Morgan fingerprint density at radius 3 is 2.86 bits per heavy atom. The monoisotopic (exact) mass is 298 g/mol. The molecule has 0 spiro atoms. The van der Waals surface area contributed by atoms with Crippen LogP contribution in [0.5, 0.6) is 0 Å². The van der Waals surface area contributed by atoms with Crippen LogP contribution in [0.25, 0.3) is 0 Å². The minimum Gasteiger partial charge on any atom is -0.331 e. The summed E-state index contributed by atoms with van der Waals surface area (Å²) in [5.74, 6) is 0. The predicted octanol–water partition coefficient (Wildman–Crippen LogP) is 3.00. The lowest BCUT2D eigenvalue weighted by Gasteiger charge is -2.19. The number of fused-ring (bicyclic) bond motifs is 1. The first-order valence-electron chi connectivity index (χ1n) is 7.73. The molecule has 1 unspecified atom stereocenters. The molecule has 5 nitrogen and oxygen atoms in total. The molecule has 0 saturated carbocycles. The van der Waals surface area contributed by atoms with Crippen molar-refractivity contribution >= 4 is 6.03 Å². The minimum absolute atomic E-state index is 0.0226. The van der Waals surface area contributed by atoms with Crippen molar-refractivity contribution < 1.29 is 4.79 Å². The van der Waals surface area contributed by atoms with Crippen molar-refractivity contribution in [1.29, 1.82) is 0 Å². The van der Waals surface area contributed by atoms with Crippen LogP contribution in [-0.2, 0) is 19.6 Å². The third kappa shape index (κ3) is 2.84. The number of carbonyl (C=O) groups is 1. The normalized spacial score (nSPS) is 14.8. The zero-order valence-electron chi connectivity index (χ0n) is 13.3. The molecule has 1 N–H and O–H groups in total. The number of amides is 2. The number of carbonyl (C=O) groups excluding carboxylic acids is 1. The Labute approximate surface area is 130 Å². The van der Waals surface area contributed by atoms with Crippen molar-refractivity contribution in [1.82, 2.24) is 20.0 Å². The second kappa shape index (κ2) is 5.83. The van der Waals surface area contributed by atoms with E-state index in [2.05, 4.69) is 35.5 Å². The number of nitrogens with one attached hydrogen (secondary N) is 1. The molecule has 2 heterocycles. The van der Waals surface area contributed by atoms with Gasteiger partial charge in [0.1, 0.15) is 0 Å². The number of benzene rings is 1. The van der Waals surface area contributed by atoms with E-state index >= 15 is 0 Å². The summed E-state index contributed by atoms with van der Waals surface area (Å²) >= 11 is 0. The van der Waals surface area contributed by atoms with Crippen molar-refractivity contribution in [2.24, 2.45) is 0 Å². The van der Waals surface area contributed by atoms with Crippen molar-refractivity contribution in [3.63, 3.8) is 0 Å². The van der Waals surface area contributed by atoms with Crippen LogP contribution in [0.2, 0.25) is 0 Å². The van der Waals surface area contributed by atoms with E-state index in [1.807, 2.05) is 35.8 Å². The van der Waals surface area contributed by atoms with Crippen LogP contribution in [0.4, 0.5) is 4.79 Å². The Morgan fingerprint density at radius 2 is 2.14 bits per heavy atom. The first kappa shape index (κ1) is 14.6. The number of aromatic nitrogens is 2. The summed E-state index contributed by atoms with van der Waals surface area (Å²) in [7, 11) is 0. The largest absolute Gasteiger partial charge is 0.331 e. The topological polar surface area (TPSA) is 50.2 Å². The van der Waals surface area contributed by atoms with Gasteiger partial charge in [0.05, 0.1) is 12.2 Å². The van der Waals surface area contributed by atoms with E-state index in [0.29, 0.717) is 13.1 Å². The molecule has 0 fully saturated rings. The van der Waals surface area contributed by atoms with E-state index in [0.717, 1.165) is 12.1 Å². The fraction of sp³-hybridized carbons (Fsp3) is 0.412. The Morgan fingerprint density at radius 1 is 1.36 bits per heavy atom. The number of aryl methyl sites for hydroxylation is 2. The quantitative estimate of drug-likeness (QED) is 0.947. The zero-order chi connectivity index (χ0) is 15.7. The highest BCUT2D eigenvalue weighted by Gasteiger charge is 2.24. The van der Waals surface area contributed by atoms with Crippen LogP contribution in [0, 0.1) is 6.92 Å². The molecule has 0 aliphatic carbocycles. The van der Waals surface area contributed by atoms with Crippen LogP contribution in [0.3, 0.4) is 0 Å². The molecule has 1 aliphatic rings. The van der Waals surface area contributed by atoms with Gasteiger partial charge >= 0.3 is 6.03 Å². The smallest absolute Gasteiger partial charge is 0.318 e. The van der Waals surface area contributed by atoms with Gasteiger partial charge in [-0.15, -0.1) is 0 Å². The molecule has 5 heteroatoms. The molecular formula is C17H22N4O. The highest BCUT2D eigenvalue weighted by atomic mass is 16.2. The van der Waals surface area contributed by atoms with Gasteiger partial charge in [-0.1, -0.05) is 23.8 Å². The molecule has 22 heavy (non-hydrogen) atoms. The number of hydrogen-bond donors (Lipinski definition) is 1. The van der Waals surface area contributed by atoms with Crippen LogP contribution in [0.15, 0.2) is 30.6 Å². The van der Waals surface area contributed by atoms with E-state index in [1.54, 1.807) is 0 Å². The molecule has 0 saturated heterocycles. The Bertz CT molecular complexity index is 692. The van der Waals surface area contributed by atoms with Gasteiger partial charge in [-0.25, -0.2) is 4.79 Å². The Hall–Kier alpha value is -2.30. The molecule has 2 aromatic rings. The van der Waals surface area contributed by atoms with Gasteiger partial charge in [-0.3, -0.25) is 4.68 Å². The fourth-order valence-corrected chi connectivity index (χ4v) is 2.80. The summed E-state index contributed by atoms with van der Waals surface area (Å²) in [6, 6.07) is 6.32. The summed E-state index contributed by atoms with van der Waals surface area (Å²) in [5.41, 5.74) is 4.76. The molecule has 1 aromatic heterocycles. The molecule has 1 aromatic carbocycles. The number of hydrogen-bond acceptors (Lipinski definition) is 2. The van der Waals surface area contributed by atoms with Crippen molar-refractivity contribution in [3.8, 4) is 0 Å². The average Bonchev–Trinajstić information content (AvgIpc) is 3.13. The van der Waals surface area contributed by atoms with Gasteiger partial charge in [0.15, 0.2) is 0 Å². The van der Waals surface area contributed by atoms with Gasteiger partial charge in [0.25, 0.3) is 0 Å². The van der Waals surface area contributed by atoms with E-state index < -0.39 is 0 Å². The second-order valence-corrected chi connectivity index (χ2v) is 5.93. The number of urea groups is 1. The van der Waals surface area contributed by atoms with Gasteiger partial charge in [0, 0.05) is 31.4 Å². The number of nitrogens with zero attached hydrogens (tertiary/aromatic N) is 3. The fourth-order valence-electron chi connectivity index (χ4n) is 2.80.